The van der Waals surface area contributed by atoms with Crippen molar-refractivity contribution < 1.29 is 18.7 Å². The largest absolute Gasteiger partial charge is 0.444 e. The number of hydrogen-bond donors (Lipinski definition) is 1. The molecule has 1 amide bonds. The van der Waals surface area contributed by atoms with Crippen LogP contribution >= 0.6 is 0 Å². The third-order valence-electron chi connectivity index (χ3n) is 5.85. The molecule has 0 saturated carbocycles. The average Bonchev–Trinajstić information content (AvgIpc) is 3.18. The number of amides is 1. The van der Waals surface area contributed by atoms with Gasteiger partial charge in [-0.05, 0) is 57.4 Å². The van der Waals surface area contributed by atoms with Crippen LogP contribution in [0, 0.1) is 5.82 Å². The van der Waals surface area contributed by atoms with Gasteiger partial charge in [0.2, 0.25) is 5.88 Å². The summed E-state index contributed by atoms with van der Waals surface area (Å²) < 4.78 is 27.3. The van der Waals surface area contributed by atoms with Gasteiger partial charge in [-0.2, -0.15) is 10.1 Å². The standard InChI is InChI=1S/C24H31FN6O3/c1-24(2,3)34-23(32)29(4)18-8-10-30(11-9-18)14-16-7-12-31-21(16)22(27-15-28-31)33-20-6-5-17(26)13-19(20)25/h5-7,12-13,15,18H,8-11,14,26H2,1-4H3. The van der Waals surface area contributed by atoms with Crippen molar-refractivity contribution in [2.24, 2.45) is 0 Å². The molecule has 182 valence electrons. The van der Waals surface area contributed by atoms with Crippen LogP contribution < -0.4 is 10.5 Å². The van der Waals surface area contributed by atoms with Crippen molar-refractivity contribution in [1.29, 1.82) is 0 Å². The topological polar surface area (TPSA) is 98.2 Å². The lowest BCUT2D eigenvalue weighted by atomic mass is 10.0. The summed E-state index contributed by atoms with van der Waals surface area (Å²) in [4.78, 5) is 20.7. The molecule has 0 radical (unpaired) electrons. The monoisotopic (exact) mass is 470 g/mol. The first-order chi connectivity index (χ1) is 16.1. The zero-order valence-corrected chi connectivity index (χ0v) is 20.0. The Hall–Kier alpha value is -3.40. The Morgan fingerprint density at radius 1 is 1.26 bits per heavy atom. The predicted octanol–water partition coefficient (Wildman–Crippen LogP) is 4.07. The van der Waals surface area contributed by atoms with Crippen molar-refractivity contribution in [3.05, 3.63) is 48.2 Å². The number of nitrogens with two attached hydrogens (primary N) is 1. The van der Waals surface area contributed by atoms with Crippen molar-refractivity contribution in [3.63, 3.8) is 0 Å². The number of halogens is 1. The first-order valence-corrected chi connectivity index (χ1v) is 11.3. The number of piperidine rings is 1. The van der Waals surface area contributed by atoms with Gasteiger partial charge in [-0.25, -0.2) is 13.7 Å². The van der Waals surface area contributed by atoms with Crippen LogP contribution in [0.5, 0.6) is 11.6 Å². The minimum atomic E-state index is -0.555. The smallest absolute Gasteiger partial charge is 0.410 e. The normalized spacial score (nSPS) is 15.4. The summed E-state index contributed by atoms with van der Waals surface area (Å²) in [7, 11) is 1.80. The Morgan fingerprint density at radius 2 is 2.00 bits per heavy atom. The Bertz CT molecular complexity index is 1170. The molecule has 0 bridgehead atoms. The number of benzene rings is 1. The summed E-state index contributed by atoms with van der Waals surface area (Å²) >= 11 is 0. The molecule has 1 aromatic carbocycles. The minimum absolute atomic E-state index is 0.0490. The number of carbonyl (C=O) groups excluding carboxylic acids is 1. The molecule has 2 N–H and O–H groups in total. The first-order valence-electron chi connectivity index (χ1n) is 11.3. The quantitative estimate of drug-likeness (QED) is 0.561. The van der Waals surface area contributed by atoms with Crippen LogP contribution in [0.3, 0.4) is 0 Å². The van der Waals surface area contributed by atoms with Crippen LogP contribution in [-0.2, 0) is 11.3 Å². The lowest BCUT2D eigenvalue weighted by molar-refractivity contribution is 0.0149. The van der Waals surface area contributed by atoms with Crippen LogP contribution in [0.25, 0.3) is 5.52 Å². The maximum atomic E-state index is 14.3. The van der Waals surface area contributed by atoms with Crippen molar-refractivity contribution in [2.75, 3.05) is 25.9 Å². The van der Waals surface area contributed by atoms with E-state index in [1.807, 2.05) is 33.0 Å². The number of carbonyl (C=O) groups is 1. The van der Waals surface area contributed by atoms with Crippen molar-refractivity contribution in [1.82, 2.24) is 24.4 Å². The fourth-order valence-electron chi connectivity index (χ4n) is 4.08. The Labute approximate surface area is 198 Å². The molecule has 1 aliphatic rings. The highest BCUT2D eigenvalue weighted by Crippen LogP contribution is 2.30. The molecule has 2 aromatic heterocycles. The van der Waals surface area contributed by atoms with Crippen molar-refractivity contribution in [2.45, 2.75) is 51.8 Å². The van der Waals surface area contributed by atoms with E-state index < -0.39 is 11.4 Å². The van der Waals surface area contributed by atoms with Gasteiger partial charge in [-0.3, -0.25) is 4.90 Å². The molecule has 0 atom stereocenters. The van der Waals surface area contributed by atoms with Gasteiger partial charge in [-0.1, -0.05) is 0 Å². The van der Waals surface area contributed by atoms with Crippen LogP contribution in [-0.4, -0.2) is 62.3 Å². The summed E-state index contributed by atoms with van der Waals surface area (Å²) in [5, 5.41) is 4.25. The summed E-state index contributed by atoms with van der Waals surface area (Å²) in [6.45, 7) is 7.91. The second-order valence-electron chi connectivity index (χ2n) is 9.59. The second-order valence-corrected chi connectivity index (χ2v) is 9.59. The average molecular weight is 471 g/mol. The van der Waals surface area contributed by atoms with Gasteiger partial charge < -0.3 is 20.1 Å². The van der Waals surface area contributed by atoms with Gasteiger partial charge in [0, 0.05) is 50.7 Å². The lowest BCUT2D eigenvalue weighted by Gasteiger charge is -2.37. The molecule has 0 aliphatic carbocycles. The predicted molar refractivity (Wildman–Crippen MR) is 126 cm³/mol. The zero-order chi connectivity index (χ0) is 24.5. The number of hydrogen-bond acceptors (Lipinski definition) is 7. The van der Waals surface area contributed by atoms with Crippen LogP contribution in [0.1, 0.15) is 39.2 Å². The Kier molecular flexibility index (Phi) is 6.60. The summed E-state index contributed by atoms with van der Waals surface area (Å²) in [5.74, 6) is -0.229. The van der Waals surface area contributed by atoms with Crippen molar-refractivity contribution >= 4 is 17.3 Å². The highest BCUT2D eigenvalue weighted by Gasteiger charge is 2.29. The molecule has 9 nitrogen and oxygen atoms in total. The van der Waals surface area contributed by atoms with E-state index in [0.29, 0.717) is 17.7 Å². The molecule has 4 rings (SSSR count). The number of fused-ring (bicyclic) bond motifs is 1. The SMILES string of the molecule is CN(C(=O)OC(C)(C)C)C1CCN(Cc2ccn3ncnc(Oc4ccc(N)cc4F)c23)CC1. The number of aromatic nitrogens is 3. The van der Waals surface area contributed by atoms with E-state index >= 15 is 0 Å². The van der Waals surface area contributed by atoms with Gasteiger partial charge in [-0.15, -0.1) is 0 Å². The summed E-state index contributed by atoms with van der Waals surface area (Å²) in [6, 6.07) is 6.37. The number of nitrogen functional groups attached to an aromatic ring is 1. The fraction of sp³-hybridized carbons (Fsp3) is 0.458. The number of anilines is 1. The van der Waals surface area contributed by atoms with E-state index in [4.69, 9.17) is 15.2 Å². The summed E-state index contributed by atoms with van der Waals surface area (Å²) in [6.07, 6.45) is 4.61. The van der Waals surface area contributed by atoms with Crippen LogP contribution in [0.15, 0.2) is 36.8 Å². The van der Waals surface area contributed by atoms with Gasteiger partial charge in [0.05, 0.1) is 0 Å². The molecule has 3 heterocycles. The number of nitrogens with zero attached hydrogens (tertiary/aromatic N) is 5. The number of rotatable bonds is 5. The minimum Gasteiger partial charge on any atom is -0.444 e. The Morgan fingerprint density at radius 3 is 2.68 bits per heavy atom. The highest BCUT2D eigenvalue weighted by molar-refractivity contribution is 5.68. The van der Waals surface area contributed by atoms with Crippen LogP contribution in [0.2, 0.25) is 0 Å². The molecule has 3 aromatic rings. The second kappa shape index (κ2) is 9.46. The first kappa shape index (κ1) is 23.7. The molecular weight excluding hydrogens is 439 g/mol. The highest BCUT2D eigenvalue weighted by atomic mass is 19.1. The van der Waals surface area contributed by atoms with E-state index in [2.05, 4.69) is 15.0 Å². The molecule has 34 heavy (non-hydrogen) atoms. The molecular formula is C24H31FN6O3. The molecule has 1 aliphatic heterocycles. The maximum Gasteiger partial charge on any atom is 0.410 e. The Balaban J connectivity index is 1.44. The van der Waals surface area contributed by atoms with Gasteiger partial charge in [0.15, 0.2) is 11.6 Å². The van der Waals surface area contributed by atoms with E-state index in [-0.39, 0.29) is 23.8 Å². The summed E-state index contributed by atoms with van der Waals surface area (Å²) in [5.41, 5.74) is 7.11. The van der Waals surface area contributed by atoms with Crippen molar-refractivity contribution in [3.8, 4) is 11.6 Å². The maximum absolute atomic E-state index is 14.3. The van der Waals surface area contributed by atoms with E-state index in [1.54, 1.807) is 22.5 Å². The molecule has 0 spiro atoms. The molecule has 0 unspecified atom stereocenters. The third kappa shape index (κ3) is 5.39. The molecule has 10 heteroatoms. The van der Waals surface area contributed by atoms with E-state index in [9.17, 15) is 9.18 Å². The fourth-order valence-corrected chi connectivity index (χ4v) is 4.08. The van der Waals surface area contributed by atoms with Gasteiger partial charge in [0.25, 0.3) is 0 Å². The van der Waals surface area contributed by atoms with Gasteiger partial charge >= 0.3 is 6.09 Å². The van der Waals surface area contributed by atoms with E-state index in [0.717, 1.165) is 31.5 Å². The molecule has 1 saturated heterocycles. The number of ether oxygens (including phenoxy) is 2. The van der Waals surface area contributed by atoms with E-state index in [1.165, 1.54) is 18.5 Å². The zero-order valence-electron chi connectivity index (χ0n) is 20.0. The lowest BCUT2D eigenvalue weighted by Crippen LogP contribution is -2.46. The van der Waals surface area contributed by atoms with Crippen LogP contribution in [0.4, 0.5) is 14.9 Å². The number of likely N-dealkylation sites (tertiary alicyclic amines) is 1. The third-order valence-corrected chi connectivity index (χ3v) is 5.85. The molecule has 1 fully saturated rings. The van der Waals surface area contributed by atoms with Gasteiger partial charge in [0.1, 0.15) is 17.4 Å².